The van der Waals surface area contributed by atoms with Gasteiger partial charge in [-0.2, -0.15) is 0 Å². The van der Waals surface area contributed by atoms with Crippen molar-refractivity contribution in [3.63, 3.8) is 0 Å². The lowest BCUT2D eigenvalue weighted by Gasteiger charge is -2.40. The van der Waals surface area contributed by atoms with E-state index < -0.39 is 49.5 Å². The van der Waals surface area contributed by atoms with Crippen LogP contribution in [0.5, 0.6) is 0 Å². The molecule has 1 fully saturated rings. The largest absolute Gasteiger partial charge is 0.394 e. The number of carbonyl (C=O) groups is 1. The molecule has 0 aromatic heterocycles. The third kappa shape index (κ3) is 47.4. The zero-order valence-electron chi connectivity index (χ0n) is 52.0. The van der Waals surface area contributed by atoms with Gasteiger partial charge in [-0.25, -0.2) is 0 Å². The molecule has 7 atom stereocenters. The summed E-state index contributed by atoms with van der Waals surface area (Å²) in [7, 11) is 0. The van der Waals surface area contributed by atoms with Crippen LogP contribution in [0.2, 0.25) is 0 Å². The molecule has 1 heterocycles. The summed E-state index contributed by atoms with van der Waals surface area (Å²) < 4.78 is 11.3. The van der Waals surface area contributed by atoms with Gasteiger partial charge >= 0.3 is 0 Å². The zero-order valence-corrected chi connectivity index (χ0v) is 52.0. The third-order valence-electron chi connectivity index (χ3n) is 17.1. The molecule has 1 aliphatic rings. The number of allylic oxidation sites excluding steroid dienone is 1. The molecule has 1 rings (SSSR count). The summed E-state index contributed by atoms with van der Waals surface area (Å²) in [6.07, 6.45) is 69.0. The number of unbranched alkanes of at least 4 members (excludes halogenated alkanes) is 52. The van der Waals surface area contributed by atoms with Crippen molar-refractivity contribution in [3.8, 4) is 0 Å². The first-order valence-corrected chi connectivity index (χ1v) is 34.9. The van der Waals surface area contributed by atoms with Gasteiger partial charge < -0.3 is 40.3 Å². The predicted molar refractivity (Wildman–Crippen MR) is 332 cm³/mol. The molecule has 1 amide bonds. The Hall–Kier alpha value is -1.07. The van der Waals surface area contributed by atoms with Crippen LogP contribution in [0.3, 0.4) is 0 Å². The maximum absolute atomic E-state index is 13.1. The van der Waals surface area contributed by atoms with Crippen LogP contribution in [0.15, 0.2) is 12.2 Å². The van der Waals surface area contributed by atoms with E-state index >= 15 is 0 Å². The first-order chi connectivity index (χ1) is 38.3. The monoisotopic (exact) mass is 1110 g/mol. The second-order valence-electron chi connectivity index (χ2n) is 24.7. The van der Waals surface area contributed by atoms with Gasteiger partial charge in [-0.15, -0.1) is 0 Å². The molecule has 0 spiro atoms. The Morgan fingerprint density at radius 3 is 1.00 bits per heavy atom. The average Bonchev–Trinajstić information content (AvgIpc) is 3.45. The summed E-state index contributed by atoms with van der Waals surface area (Å²) in [5.41, 5.74) is 0. The van der Waals surface area contributed by atoms with E-state index in [-0.39, 0.29) is 12.5 Å². The highest BCUT2D eigenvalue weighted by Gasteiger charge is 2.44. The van der Waals surface area contributed by atoms with Crippen LogP contribution < -0.4 is 5.32 Å². The van der Waals surface area contributed by atoms with E-state index in [0.29, 0.717) is 6.42 Å². The van der Waals surface area contributed by atoms with Crippen molar-refractivity contribution in [1.82, 2.24) is 5.32 Å². The van der Waals surface area contributed by atoms with E-state index in [0.717, 1.165) is 38.5 Å². The SMILES string of the molecule is CCCCCCCCCCCCCCCCCCCC/C=C/C(O)C(COC1OC(CO)C(O)C(O)C1O)NC(=O)CCCCCCCCCCCCCCCCCCCCCCCCCCCCCCCCCCCCC. The fourth-order valence-electron chi connectivity index (χ4n) is 11.6. The molecule has 464 valence electrons. The molecule has 7 unspecified atom stereocenters. The summed E-state index contributed by atoms with van der Waals surface area (Å²) in [6, 6.07) is -0.801. The van der Waals surface area contributed by atoms with Crippen molar-refractivity contribution < 1.29 is 39.8 Å². The van der Waals surface area contributed by atoms with Crippen LogP contribution in [-0.2, 0) is 14.3 Å². The van der Waals surface area contributed by atoms with E-state index in [9.17, 15) is 30.3 Å². The van der Waals surface area contributed by atoms with Gasteiger partial charge in [-0.1, -0.05) is 353 Å². The molecule has 1 aliphatic heterocycles. The number of aliphatic hydroxyl groups is 5. The highest BCUT2D eigenvalue weighted by molar-refractivity contribution is 5.76. The predicted octanol–water partition coefficient (Wildman–Crippen LogP) is 18.7. The Bertz CT molecular complexity index is 1240. The van der Waals surface area contributed by atoms with Gasteiger partial charge in [0.1, 0.15) is 24.4 Å². The summed E-state index contributed by atoms with van der Waals surface area (Å²) in [4.78, 5) is 13.1. The number of rotatable bonds is 62. The Morgan fingerprint density at radius 2 is 0.705 bits per heavy atom. The second kappa shape index (κ2) is 59.1. The minimum atomic E-state index is -1.56. The molecule has 9 nitrogen and oxygen atoms in total. The number of hydrogen-bond donors (Lipinski definition) is 6. The smallest absolute Gasteiger partial charge is 0.220 e. The fraction of sp³-hybridized carbons (Fsp3) is 0.957. The first-order valence-electron chi connectivity index (χ1n) is 34.9. The normalized spacial score (nSPS) is 18.6. The minimum Gasteiger partial charge on any atom is -0.394 e. The average molecular weight is 1110 g/mol. The number of ether oxygens (including phenoxy) is 2. The van der Waals surface area contributed by atoms with Crippen molar-refractivity contribution in [2.75, 3.05) is 13.2 Å². The van der Waals surface area contributed by atoms with E-state index in [2.05, 4.69) is 19.2 Å². The van der Waals surface area contributed by atoms with Crippen molar-refractivity contribution in [1.29, 1.82) is 0 Å². The Kier molecular flexibility index (Phi) is 56.8. The van der Waals surface area contributed by atoms with E-state index in [1.807, 2.05) is 6.08 Å². The maximum atomic E-state index is 13.1. The number of aliphatic hydroxyl groups excluding tert-OH is 5. The number of amides is 1. The van der Waals surface area contributed by atoms with Crippen LogP contribution in [-0.4, -0.2) is 87.5 Å². The molecular weight excluding hydrogens is 971 g/mol. The fourth-order valence-corrected chi connectivity index (χ4v) is 11.6. The highest BCUT2D eigenvalue weighted by atomic mass is 16.7. The van der Waals surface area contributed by atoms with Crippen molar-refractivity contribution in [2.24, 2.45) is 0 Å². The number of carbonyl (C=O) groups excluding carboxylic acids is 1. The molecule has 0 aromatic rings. The lowest BCUT2D eigenvalue weighted by atomic mass is 9.99. The summed E-state index contributed by atoms with van der Waals surface area (Å²) in [6.45, 7) is 3.84. The molecule has 9 heteroatoms. The van der Waals surface area contributed by atoms with E-state index in [1.54, 1.807) is 6.08 Å². The molecule has 0 aliphatic carbocycles. The number of nitrogens with one attached hydrogen (secondary N) is 1. The summed E-state index contributed by atoms with van der Waals surface area (Å²) in [5, 5.41) is 54.7. The second-order valence-corrected chi connectivity index (χ2v) is 24.7. The summed E-state index contributed by atoms with van der Waals surface area (Å²) >= 11 is 0. The van der Waals surface area contributed by atoms with Crippen LogP contribution in [0.4, 0.5) is 0 Å². The van der Waals surface area contributed by atoms with Crippen LogP contribution >= 0.6 is 0 Å². The highest BCUT2D eigenvalue weighted by Crippen LogP contribution is 2.24. The molecule has 1 saturated heterocycles. The lowest BCUT2D eigenvalue weighted by Crippen LogP contribution is -2.60. The van der Waals surface area contributed by atoms with E-state index in [1.165, 1.54) is 308 Å². The van der Waals surface area contributed by atoms with Gasteiger partial charge in [0, 0.05) is 6.42 Å². The lowest BCUT2D eigenvalue weighted by molar-refractivity contribution is -0.302. The van der Waals surface area contributed by atoms with Crippen LogP contribution in [0.25, 0.3) is 0 Å². The van der Waals surface area contributed by atoms with Crippen LogP contribution in [0, 0.1) is 0 Å². The Labute approximate surface area is 484 Å². The Balaban J connectivity index is 2.07. The molecule has 0 bridgehead atoms. The quantitative estimate of drug-likeness (QED) is 0.0261. The van der Waals surface area contributed by atoms with Crippen molar-refractivity contribution in [3.05, 3.63) is 12.2 Å². The van der Waals surface area contributed by atoms with Gasteiger partial charge in [-0.05, 0) is 19.3 Å². The molecule has 78 heavy (non-hydrogen) atoms. The van der Waals surface area contributed by atoms with Gasteiger partial charge in [0.15, 0.2) is 6.29 Å². The molecule has 6 N–H and O–H groups in total. The summed E-state index contributed by atoms with van der Waals surface area (Å²) in [5.74, 6) is -0.167. The Morgan fingerprint density at radius 1 is 0.423 bits per heavy atom. The van der Waals surface area contributed by atoms with Gasteiger partial charge in [-0.3, -0.25) is 4.79 Å². The zero-order chi connectivity index (χ0) is 56.5. The maximum Gasteiger partial charge on any atom is 0.220 e. The van der Waals surface area contributed by atoms with E-state index in [4.69, 9.17) is 9.47 Å². The third-order valence-corrected chi connectivity index (χ3v) is 17.1. The topological polar surface area (TPSA) is 149 Å². The van der Waals surface area contributed by atoms with Crippen LogP contribution in [0.1, 0.15) is 367 Å². The van der Waals surface area contributed by atoms with Gasteiger partial charge in [0.05, 0.1) is 25.4 Å². The van der Waals surface area contributed by atoms with Gasteiger partial charge in [0.25, 0.3) is 0 Å². The molecule has 0 radical (unpaired) electrons. The molecular formula is C69H135NO8. The minimum absolute atomic E-state index is 0.167. The molecule has 0 saturated carbocycles. The number of hydrogen-bond acceptors (Lipinski definition) is 8. The molecule has 0 aromatic carbocycles. The van der Waals surface area contributed by atoms with Gasteiger partial charge in [0.2, 0.25) is 5.91 Å². The first kappa shape index (κ1) is 74.9. The van der Waals surface area contributed by atoms with Crippen molar-refractivity contribution >= 4 is 5.91 Å². The van der Waals surface area contributed by atoms with Crippen molar-refractivity contribution in [2.45, 2.75) is 410 Å². The standard InChI is InChI=1S/C69H135NO8/c1-3-5-7-9-11-13-15-17-19-21-23-25-26-27-28-29-30-31-32-33-34-35-36-37-38-39-41-43-45-47-49-51-53-55-57-59-65(73)70-62(61-77-69-68(76)67(75)66(74)64(60-71)78-69)63(72)58-56-54-52-50-48-46-44-42-40-24-22-20-18-16-14-12-10-8-6-4-2/h56,58,62-64,66-69,71-72,74-76H,3-55,57,59-61H2,1-2H3,(H,70,73)/b58-56+.